The number of hydrogen-bond donors (Lipinski definition) is 3. The molecule has 1 heterocycles. The van der Waals surface area contributed by atoms with E-state index in [4.69, 9.17) is 5.11 Å². The molecule has 7 heteroatoms. The molecule has 1 aromatic carbocycles. The average molecular weight is 331 g/mol. The van der Waals surface area contributed by atoms with Crippen LogP contribution in [0.15, 0.2) is 23.0 Å². The van der Waals surface area contributed by atoms with Gasteiger partial charge in [0.25, 0.3) is 5.91 Å². The Balaban J connectivity index is 1.75. The van der Waals surface area contributed by atoms with Crippen molar-refractivity contribution in [3.05, 3.63) is 34.2 Å². The van der Waals surface area contributed by atoms with E-state index in [1.165, 1.54) is 0 Å². The summed E-state index contributed by atoms with van der Waals surface area (Å²) in [5.74, 6) is -1.15. The molecule has 0 bridgehead atoms. The number of carboxylic acid groups (broad SMARTS) is 1. The number of carbonyl (C=O) groups is 2. The Morgan fingerprint density at radius 2 is 2.04 bits per heavy atom. The maximum atomic E-state index is 12.2. The van der Waals surface area contributed by atoms with E-state index < -0.39 is 5.97 Å². The normalized spacial score (nSPS) is 15.0. The Kier molecular flexibility index (Phi) is 4.69. The second kappa shape index (κ2) is 6.90. The molecule has 0 aliphatic heterocycles. The number of aromatic amines is 1. The highest BCUT2D eigenvalue weighted by molar-refractivity contribution is 5.97. The van der Waals surface area contributed by atoms with Crippen LogP contribution in [0.2, 0.25) is 0 Å². The van der Waals surface area contributed by atoms with Gasteiger partial charge in [0.2, 0.25) is 0 Å². The van der Waals surface area contributed by atoms with E-state index in [0.29, 0.717) is 24.0 Å². The molecular formula is C17H21N3O4. The monoisotopic (exact) mass is 331 g/mol. The minimum absolute atomic E-state index is 0.0247. The first-order valence-electron chi connectivity index (χ1n) is 8.30. The summed E-state index contributed by atoms with van der Waals surface area (Å²) in [4.78, 5) is 37.6. The Labute approximate surface area is 138 Å². The molecule has 1 aromatic heterocycles. The first-order chi connectivity index (χ1) is 11.6. The minimum atomic E-state index is -0.878. The highest BCUT2D eigenvalue weighted by atomic mass is 16.4. The van der Waals surface area contributed by atoms with Gasteiger partial charge in [-0.25, -0.2) is 4.79 Å². The van der Waals surface area contributed by atoms with Gasteiger partial charge < -0.3 is 15.4 Å². The van der Waals surface area contributed by atoms with Crippen molar-refractivity contribution < 1.29 is 14.7 Å². The Bertz CT molecular complexity index is 815. The lowest BCUT2D eigenvalue weighted by atomic mass is 10.1. The maximum Gasteiger partial charge on any atom is 0.326 e. The number of nitrogens with one attached hydrogen (secondary N) is 2. The van der Waals surface area contributed by atoms with Gasteiger partial charge in [0, 0.05) is 24.6 Å². The lowest BCUT2D eigenvalue weighted by Crippen LogP contribution is -2.24. The van der Waals surface area contributed by atoms with Crippen LogP contribution in [0.25, 0.3) is 11.0 Å². The fraction of sp³-hybridized carbons (Fsp3) is 0.471. The molecule has 3 N–H and O–H groups in total. The highest BCUT2D eigenvalue weighted by Gasteiger charge is 2.21. The summed E-state index contributed by atoms with van der Waals surface area (Å²) < 4.78 is 1.80. The molecular weight excluding hydrogens is 310 g/mol. The van der Waals surface area contributed by atoms with Crippen LogP contribution in [0.3, 0.4) is 0 Å². The molecule has 128 valence electrons. The van der Waals surface area contributed by atoms with Gasteiger partial charge in [-0.3, -0.25) is 14.2 Å². The van der Waals surface area contributed by atoms with Gasteiger partial charge in [-0.2, -0.15) is 0 Å². The second-order valence-corrected chi connectivity index (χ2v) is 6.22. The van der Waals surface area contributed by atoms with Crippen molar-refractivity contribution in [3.63, 3.8) is 0 Å². The van der Waals surface area contributed by atoms with Crippen molar-refractivity contribution in [2.45, 2.75) is 44.6 Å². The van der Waals surface area contributed by atoms with Crippen molar-refractivity contribution >= 4 is 22.9 Å². The number of nitrogens with zero attached hydrogens (tertiary/aromatic N) is 1. The van der Waals surface area contributed by atoms with Gasteiger partial charge in [0.15, 0.2) is 0 Å². The molecule has 0 saturated heterocycles. The Morgan fingerprint density at radius 1 is 1.29 bits per heavy atom. The van der Waals surface area contributed by atoms with E-state index in [1.54, 1.807) is 22.8 Å². The summed E-state index contributed by atoms with van der Waals surface area (Å²) in [5, 5.41) is 11.3. The molecule has 0 atom stereocenters. The fourth-order valence-electron chi connectivity index (χ4n) is 3.34. The molecule has 24 heavy (non-hydrogen) atoms. The zero-order chi connectivity index (χ0) is 17.1. The second-order valence-electron chi connectivity index (χ2n) is 6.22. The van der Waals surface area contributed by atoms with E-state index in [9.17, 15) is 14.4 Å². The van der Waals surface area contributed by atoms with Crippen molar-refractivity contribution in [1.82, 2.24) is 14.9 Å². The molecule has 3 rings (SSSR count). The predicted molar refractivity (Wildman–Crippen MR) is 89.3 cm³/mol. The van der Waals surface area contributed by atoms with Crippen LogP contribution in [-0.2, 0) is 4.79 Å². The van der Waals surface area contributed by atoms with Gasteiger partial charge in [0.05, 0.1) is 11.0 Å². The summed E-state index contributed by atoms with van der Waals surface area (Å²) >= 11 is 0. The molecule has 1 aliphatic carbocycles. The van der Waals surface area contributed by atoms with Crippen molar-refractivity contribution in [2.24, 2.45) is 0 Å². The smallest absolute Gasteiger partial charge is 0.326 e. The largest absolute Gasteiger partial charge is 0.481 e. The maximum absolute atomic E-state index is 12.2. The molecule has 1 saturated carbocycles. The van der Waals surface area contributed by atoms with E-state index in [1.807, 2.05) is 0 Å². The van der Waals surface area contributed by atoms with Gasteiger partial charge in [-0.1, -0.05) is 12.8 Å². The zero-order valence-corrected chi connectivity index (χ0v) is 13.4. The summed E-state index contributed by atoms with van der Waals surface area (Å²) in [7, 11) is 0. The minimum Gasteiger partial charge on any atom is -0.481 e. The van der Waals surface area contributed by atoms with E-state index in [0.717, 1.165) is 31.2 Å². The number of aromatic nitrogens is 2. The van der Waals surface area contributed by atoms with E-state index >= 15 is 0 Å². The number of aliphatic carboxylic acids is 1. The van der Waals surface area contributed by atoms with Crippen LogP contribution in [0.5, 0.6) is 0 Å². The number of fused-ring (bicyclic) bond motifs is 1. The van der Waals surface area contributed by atoms with Crippen molar-refractivity contribution in [1.29, 1.82) is 0 Å². The summed E-state index contributed by atoms with van der Waals surface area (Å²) in [6.07, 6.45) is 4.72. The first kappa shape index (κ1) is 16.3. The molecule has 0 unspecified atom stereocenters. The summed E-state index contributed by atoms with van der Waals surface area (Å²) in [6.45, 7) is 0.308. The predicted octanol–water partition coefficient (Wildman–Crippen LogP) is 2.04. The third-order valence-electron chi connectivity index (χ3n) is 4.52. The molecule has 1 aliphatic rings. The number of benzene rings is 1. The third-order valence-corrected chi connectivity index (χ3v) is 4.52. The Hall–Kier alpha value is -2.57. The standard InChI is InChI=1S/C17H21N3O4/c21-15(22)6-3-9-18-16(23)11-7-8-14-13(10-11)19-17(24)20(14)12-4-1-2-5-12/h7-8,10,12H,1-6,9H2,(H,18,23)(H,19,24)(H,21,22). The lowest BCUT2D eigenvalue weighted by molar-refractivity contribution is -0.137. The van der Waals surface area contributed by atoms with Gasteiger partial charge >= 0.3 is 11.7 Å². The highest BCUT2D eigenvalue weighted by Crippen LogP contribution is 2.30. The number of hydrogen-bond acceptors (Lipinski definition) is 3. The molecule has 0 spiro atoms. The van der Waals surface area contributed by atoms with Crippen LogP contribution in [0.4, 0.5) is 0 Å². The topological polar surface area (TPSA) is 104 Å². The van der Waals surface area contributed by atoms with Crippen LogP contribution >= 0.6 is 0 Å². The summed E-state index contributed by atoms with van der Waals surface area (Å²) in [6, 6.07) is 5.42. The zero-order valence-electron chi connectivity index (χ0n) is 13.4. The third kappa shape index (κ3) is 3.34. The number of H-pyrrole nitrogens is 1. The van der Waals surface area contributed by atoms with Crippen LogP contribution in [-0.4, -0.2) is 33.1 Å². The van der Waals surface area contributed by atoms with Crippen molar-refractivity contribution in [2.75, 3.05) is 6.54 Å². The van der Waals surface area contributed by atoms with E-state index in [-0.39, 0.29) is 24.1 Å². The number of carboxylic acids is 1. The number of imidazole rings is 1. The lowest BCUT2D eigenvalue weighted by Gasteiger charge is -2.11. The quantitative estimate of drug-likeness (QED) is 0.705. The van der Waals surface area contributed by atoms with Crippen molar-refractivity contribution in [3.8, 4) is 0 Å². The average Bonchev–Trinajstić information content (AvgIpc) is 3.16. The van der Waals surface area contributed by atoms with Gasteiger partial charge in [-0.15, -0.1) is 0 Å². The first-order valence-corrected chi connectivity index (χ1v) is 8.30. The SMILES string of the molecule is O=C(O)CCCNC(=O)c1ccc2c(c1)[nH]c(=O)n2C1CCCC1. The molecule has 2 aromatic rings. The molecule has 7 nitrogen and oxygen atoms in total. The summed E-state index contributed by atoms with van der Waals surface area (Å²) in [5.41, 5.74) is 1.81. The van der Waals surface area contributed by atoms with Crippen LogP contribution in [0.1, 0.15) is 54.9 Å². The molecule has 0 radical (unpaired) electrons. The van der Waals surface area contributed by atoms with Crippen LogP contribution in [0, 0.1) is 0 Å². The molecule has 1 amide bonds. The number of amides is 1. The van der Waals surface area contributed by atoms with Crippen LogP contribution < -0.4 is 11.0 Å². The van der Waals surface area contributed by atoms with Gasteiger partial charge in [-0.05, 0) is 37.5 Å². The van der Waals surface area contributed by atoms with E-state index in [2.05, 4.69) is 10.3 Å². The fourth-order valence-corrected chi connectivity index (χ4v) is 3.34. The molecule has 1 fully saturated rings. The Morgan fingerprint density at radius 3 is 2.75 bits per heavy atom. The van der Waals surface area contributed by atoms with Gasteiger partial charge in [0.1, 0.15) is 0 Å². The number of carbonyl (C=O) groups excluding carboxylic acids is 1. The number of rotatable bonds is 6.